The van der Waals surface area contributed by atoms with E-state index in [1.807, 2.05) is 0 Å². The van der Waals surface area contributed by atoms with Crippen LogP contribution in [0.25, 0.3) is 0 Å². The number of piperidine rings is 1. The Morgan fingerprint density at radius 3 is 2.48 bits per heavy atom. The fraction of sp³-hybridized carbons (Fsp3) is 0.688. The van der Waals surface area contributed by atoms with Gasteiger partial charge in [-0.1, -0.05) is 6.08 Å². The number of likely N-dealkylation sites (tertiary alicyclic amines) is 1. The molecule has 1 aliphatic carbocycles. The summed E-state index contributed by atoms with van der Waals surface area (Å²) in [6, 6.07) is 0.0608. The molecule has 0 aromatic rings. The van der Waals surface area contributed by atoms with Gasteiger partial charge in [-0.2, -0.15) is 0 Å². The van der Waals surface area contributed by atoms with Gasteiger partial charge in [0.2, 0.25) is 11.8 Å². The maximum Gasteiger partial charge on any atom is 0.409 e. The van der Waals surface area contributed by atoms with Crippen LogP contribution in [0.15, 0.2) is 12.7 Å². The van der Waals surface area contributed by atoms with E-state index in [1.54, 1.807) is 17.9 Å². The predicted octanol–water partition coefficient (Wildman–Crippen LogP) is 0.662. The van der Waals surface area contributed by atoms with Gasteiger partial charge in [0, 0.05) is 25.7 Å². The van der Waals surface area contributed by atoms with Crippen LogP contribution in [-0.2, 0) is 14.3 Å². The van der Waals surface area contributed by atoms with E-state index in [4.69, 9.17) is 4.74 Å². The summed E-state index contributed by atoms with van der Waals surface area (Å²) >= 11 is 0. The van der Waals surface area contributed by atoms with E-state index in [2.05, 4.69) is 17.2 Å². The predicted molar refractivity (Wildman–Crippen MR) is 84.6 cm³/mol. The summed E-state index contributed by atoms with van der Waals surface area (Å²) in [5.41, 5.74) is 0. The Hall–Kier alpha value is -2.05. The summed E-state index contributed by atoms with van der Waals surface area (Å²) in [7, 11) is 0. The van der Waals surface area contributed by atoms with E-state index in [1.165, 1.54) is 0 Å². The van der Waals surface area contributed by atoms with Crippen molar-refractivity contribution in [2.24, 2.45) is 11.8 Å². The molecule has 0 spiro atoms. The number of carbonyl (C=O) groups is 3. The molecule has 2 N–H and O–H groups in total. The quantitative estimate of drug-likeness (QED) is 0.703. The molecule has 0 aromatic carbocycles. The first kappa shape index (κ1) is 17.3. The molecule has 1 saturated heterocycles. The molecular weight excluding hydrogens is 298 g/mol. The van der Waals surface area contributed by atoms with Gasteiger partial charge in [0.1, 0.15) is 0 Å². The Labute approximate surface area is 136 Å². The van der Waals surface area contributed by atoms with Gasteiger partial charge in [-0.05, 0) is 26.2 Å². The smallest absolute Gasteiger partial charge is 0.409 e. The number of carbonyl (C=O) groups excluding carboxylic acids is 3. The highest BCUT2D eigenvalue weighted by Gasteiger charge is 2.48. The SMILES string of the molecule is C=CCNC(=O)C1CC1C(=O)NC1CCN(C(=O)OCC)CC1. The van der Waals surface area contributed by atoms with Crippen molar-refractivity contribution < 1.29 is 19.1 Å². The lowest BCUT2D eigenvalue weighted by Crippen LogP contribution is -2.47. The average molecular weight is 323 g/mol. The summed E-state index contributed by atoms with van der Waals surface area (Å²) in [5.74, 6) is -0.571. The third-order valence-corrected chi connectivity index (χ3v) is 4.25. The van der Waals surface area contributed by atoms with Crippen LogP contribution in [0.2, 0.25) is 0 Å². The zero-order chi connectivity index (χ0) is 16.8. The highest BCUT2D eigenvalue weighted by Crippen LogP contribution is 2.39. The second-order valence-corrected chi connectivity index (χ2v) is 5.95. The van der Waals surface area contributed by atoms with Crippen LogP contribution in [0.5, 0.6) is 0 Å². The number of amides is 3. The number of ether oxygens (including phenoxy) is 1. The normalized spacial score (nSPS) is 23.8. The highest BCUT2D eigenvalue weighted by atomic mass is 16.6. The minimum absolute atomic E-state index is 0.0571. The van der Waals surface area contributed by atoms with Gasteiger partial charge in [-0.25, -0.2) is 4.79 Å². The molecule has 128 valence electrons. The minimum atomic E-state index is -0.293. The van der Waals surface area contributed by atoms with Crippen LogP contribution in [0, 0.1) is 11.8 Å². The summed E-state index contributed by atoms with van der Waals surface area (Å²) in [5, 5.41) is 5.71. The average Bonchev–Trinajstić information content (AvgIpc) is 3.34. The van der Waals surface area contributed by atoms with Crippen LogP contribution >= 0.6 is 0 Å². The second-order valence-electron chi connectivity index (χ2n) is 5.95. The number of nitrogens with one attached hydrogen (secondary N) is 2. The van der Waals surface area contributed by atoms with Gasteiger partial charge < -0.3 is 20.3 Å². The van der Waals surface area contributed by atoms with Crippen molar-refractivity contribution in [3.63, 3.8) is 0 Å². The summed E-state index contributed by atoms with van der Waals surface area (Å²) in [4.78, 5) is 37.2. The lowest BCUT2D eigenvalue weighted by Gasteiger charge is -2.31. The highest BCUT2D eigenvalue weighted by molar-refractivity contribution is 5.92. The Morgan fingerprint density at radius 1 is 1.22 bits per heavy atom. The van der Waals surface area contributed by atoms with Crippen molar-refractivity contribution in [2.75, 3.05) is 26.2 Å². The van der Waals surface area contributed by atoms with Gasteiger partial charge in [0.05, 0.1) is 18.4 Å². The van der Waals surface area contributed by atoms with Crippen LogP contribution in [-0.4, -0.2) is 55.1 Å². The Kier molecular flexibility index (Phi) is 6.01. The third-order valence-electron chi connectivity index (χ3n) is 4.25. The van der Waals surface area contributed by atoms with Gasteiger partial charge in [0.15, 0.2) is 0 Å². The Morgan fingerprint density at radius 2 is 1.87 bits per heavy atom. The molecular formula is C16H25N3O4. The molecule has 2 fully saturated rings. The first-order chi connectivity index (χ1) is 11.1. The van der Waals surface area contributed by atoms with Gasteiger partial charge in [0.25, 0.3) is 0 Å². The zero-order valence-corrected chi connectivity index (χ0v) is 13.5. The molecule has 0 aromatic heterocycles. The molecule has 0 radical (unpaired) electrons. The number of hydrogen-bond donors (Lipinski definition) is 2. The largest absolute Gasteiger partial charge is 0.450 e. The molecule has 2 rings (SSSR count). The first-order valence-electron chi connectivity index (χ1n) is 8.17. The van der Waals surface area contributed by atoms with Gasteiger partial charge >= 0.3 is 6.09 Å². The summed E-state index contributed by atoms with van der Waals surface area (Å²) < 4.78 is 4.97. The van der Waals surface area contributed by atoms with Crippen LogP contribution in [0.4, 0.5) is 4.79 Å². The molecule has 2 unspecified atom stereocenters. The van der Waals surface area contributed by atoms with E-state index in [9.17, 15) is 14.4 Å². The van der Waals surface area contributed by atoms with Crippen molar-refractivity contribution in [3.8, 4) is 0 Å². The number of hydrogen-bond acceptors (Lipinski definition) is 4. The maximum absolute atomic E-state index is 12.2. The van der Waals surface area contributed by atoms with Crippen molar-refractivity contribution in [1.29, 1.82) is 0 Å². The monoisotopic (exact) mass is 323 g/mol. The molecule has 1 heterocycles. The lowest BCUT2D eigenvalue weighted by atomic mass is 10.1. The van der Waals surface area contributed by atoms with E-state index in [-0.39, 0.29) is 35.8 Å². The summed E-state index contributed by atoms with van der Waals surface area (Å²) in [6.07, 6.45) is 3.36. The van der Waals surface area contributed by atoms with Crippen LogP contribution < -0.4 is 10.6 Å². The molecule has 2 atom stereocenters. The lowest BCUT2D eigenvalue weighted by molar-refractivity contribution is -0.127. The molecule has 0 bridgehead atoms. The standard InChI is InChI=1S/C16H25N3O4/c1-3-7-17-14(20)12-10-13(12)15(21)18-11-5-8-19(9-6-11)16(22)23-4-2/h3,11-13H,1,4-10H2,2H3,(H,17,20)(H,18,21). The Bertz CT molecular complexity index is 472. The molecule has 3 amide bonds. The number of rotatable bonds is 6. The molecule has 2 aliphatic rings. The second kappa shape index (κ2) is 7.99. The van der Waals surface area contributed by atoms with E-state index in [0.29, 0.717) is 45.5 Å². The number of nitrogens with zero attached hydrogens (tertiary/aromatic N) is 1. The molecule has 7 heteroatoms. The molecule has 1 saturated carbocycles. The fourth-order valence-electron chi connectivity index (χ4n) is 2.81. The van der Waals surface area contributed by atoms with E-state index < -0.39 is 0 Å². The van der Waals surface area contributed by atoms with Crippen molar-refractivity contribution in [3.05, 3.63) is 12.7 Å². The van der Waals surface area contributed by atoms with Gasteiger partial charge in [-0.3, -0.25) is 9.59 Å². The summed E-state index contributed by atoms with van der Waals surface area (Å²) in [6.45, 7) is 7.28. The van der Waals surface area contributed by atoms with Crippen molar-refractivity contribution >= 4 is 17.9 Å². The fourth-order valence-corrected chi connectivity index (χ4v) is 2.81. The minimum Gasteiger partial charge on any atom is -0.450 e. The van der Waals surface area contributed by atoms with Crippen LogP contribution in [0.3, 0.4) is 0 Å². The first-order valence-corrected chi connectivity index (χ1v) is 8.17. The topological polar surface area (TPSA) is 87.7 Å². The van der Waals surface area contributed by atoms with Crippen molar-refractivity contribution in [1.82, 2.24) is 15.5 Å². The van der Waals surface area contributed by atoms with Gasteiger partial charge in [-0.15, -0.1) is 6.58 Å². The third kappa shape index (κ3) is 4.71. The Balaban J connectivity index is 1.69. The van der Waals surface area contributed by atoms with E-state index >= 15 is 0 Å². The van der Waals surface area contributed by atoms with Crippen molar-refractivity contribution in [2.45, 2.75) is 32.2 Å². The maximum atomic E-state index is 12.2. The molecule has 1 aliphatic heterocycles. The zero-order valence-electron chi connectivity index (χ0n) is 13.5. The van der Waals surface area contributed by atoms with Crippen LogP contribution in [0.1, 0.15) is 26.2 Å². The molecule has 23 heavy (non-hydrogen) atoms. The van der Waals surface area contributed by atoms with E-state index in [0.717, 1.165) is 0 Å². The molecule has 7 nitrogen and oxygen atoms in total.